The van der Waals surface area contributed by atoms with Crippen LogP contribution in [0, 0.1) is 0 Å². The summed E-state index contributed by atoms with van der Waals surface area (Å²) in [7, 11) is 0. The van der Waals surface area contributed by atoms with Crippen LogP contribution in [0.4, 0.5) is 4.79 Å². The molecule has 0 saturated carbocycles. The van der Waals surface area contributed by atoms with Gasteiger partial charge in [-0.25, -0.2) is 9.79 Å². The molecule has 1 saturated heterocycles. The monoisotopic (exact) mass is 351 g/mol. The highest BCUT2D eigenvalue weighted by atomic mass is 16.2. The molecule has 0 atom stereocenters. The molecule has 0 spiro atoms. The molecule has 0 unspecified atom stereocenters. The van der Waals surface area contributed by atoms with Crippen LogP contribution in [0.5, 0.6) is 0 Å². The molecule has 3 rings (SSSR count). The second-order valence-corrected chi connectivity index (χ2v) is 5.69. The molecule has 1 aliphatic heterocycles. The maximum Gasteiger partial charge on any atom is 0.332 e. The van der Waals surface area contributed by atoms with E-state index in [0.29, 0.717) is 16.0 Å². The number of nitrogens with zero attached hydrogens (tertiary/aromatic N) is 2. The predicted molar refractivity (Wildman–Crippen MR) is 94.7 cm³/mol. The summed E-state index contributed by atoms with van der Waals surface area (Å²) in [6, 6.07) is 16.7. The lowest BCUT2D eigenvalue weighted by Crippen LogP contribution is -2.46. The minimum Gasteiger partial charge on any atom is -0.370 e. The molecule has 2 aromatic carbocycles. The van der Waals surface area contributed by atoms with Gasteiger partial charge in [-0.3, -0.25) is 9.59 Å². The summed E-state index contributed by atoms with van der Waals surface area (Å²) in [5.41, 5.74) is 10.0. The molecule has 0 aliphatic carbocycles. The lowest BCUT2D eigenvalue weighted by molar-refractivity contribution is -0.140. The second kappa shape index (κ2) is 6.67. The number of hydrogen-bond acceptors (Lipinski definition) is 4. The van der Waals surface area contributed by atoms with Crippen LogP contribution in [-0.2, 0) is 15.1 Å². The first-order valence-electron chi connectivity index (χ1n) is 7.83. The Balaban J connectivity index is 2.10. The van der Waals surface area contributed by atoms with Crippen molar-refractivity contribution in [1.29, 1.82) is 0 Å². The van der Waals surface area contributed by atoms with Crippen molar-refractivity contribution in [2.75, 3.05) is 6.54 Å². The Bertz CT molecular complexity index is 837. The Morgan fingerprint density at radius 2 is 1.46 bits per heavy atom. The van der Waals surface area contributed by atoms with E-state index in [-0.39, 0.29) is 5.96 Å². The van der Waals surface area contributed by atoms with Crippen LogP contribution in [0.3, 0.4) is 0 Å². The van der Waals surface area contributed by atoms with E-state index >= 15 is 0 Å². The predicted octanol–water partition coefficient (Wildman–Crippen LogP) is 0.282. The molecule has 26 heavy (non-hydrogen) atoms. The molecular formula is C18H17N5O3. The van der Waals surface area contributed by atoms with E-state index in [1.807, 2.05) is 0 Å². The van der Waals surface area contributed by atoms with Crippen LogP contribution in [0.15, 0.2) is 65.7 Å². The van der Waals surface area contributed by atoms with Crippen LogP contribution in [0.25, 0.3) is 0 Å². The van der Waals surface area contributed by atoms with Gasteiger partial charge in [0.1, 0.15) is 6.54 Å². The largest absolute Gasteiger partial charge is 0.370 e. The number of guanidine groups is 1. The summed E-state index contributed by atoms with van der Waals surface area (Å²) < 4.78 is 0. The van der Waals surface area contributed by atoms with E-state index < -0.39 is 29.9 Å². The van der Waals surface area contributed by atoms with Crippen LogP contribution < -0.4 is 16.8 Å². The van der Waals surface area contributed by atoms with Gasteiger partial charge in [0, 0.05) is 0 Å². The molecule has 5 N–H and O–H groups in total. The number of urea groups is 1. The van der Waals surface area contributed by atoms with E-state index in [4.69, 9.17) is 11.5 Å². The fourth-order valence-corrected chi connectivity index (χ4v) is 2.92. The third kappa shape index (κ3) is 2.77. The normalized spacial score (nSPS) is 15.5. The van der Waals surface area contributed by atoms with E-state index in [2.05, 4.69) is 10.3 Å². The molecule has 0 radical (unpaired) electrons. The number of carbonyl (C=O) groups is 3. The minimum atomic E-state index is -1.49. The Labute approximate surface area is 149 Å². The number of imide groups is 3. The van der Waals surface area contributed by atoms with Crippen molar-refractivity contribution in [3.05, 3.63) is 71.8 Å². The van der Waals surface area contributed by atoms with Gasteiger partial charge in [0.2, 0.25) is 0 Å². The number of carbonyl (C=O) groups excluding carboxylic acids is 3. The molecular weight excluding hydrogens is 334 g/mol. The first-order chi connectivity index (χ1) is 12.5. The van der Waals surface area contributed by atoms with Crippen molar-refractivity contribution in [3.63, 3.8) is 0 Å². The van der Waals surface area contributed by atoms with Crippen LogP contribution in [0.1, 0.15) is 11.1 Å². The molecule has 1 heterocycles. The maximum absolute atomic E-state index is 13.2. The number of benzene rings is 2. The fourth-order valence-electron chi connectivity index (χ4n) is 2.92. The molecule has 0 bridgehead atoms. The Morgan fingerprint density at radius 3 is 1.92 bits per heavy atom. The SMILES string of the molecule is NC(N)=NCC(=O)N1C(=O)NC(c2ccccc2)(c2ccccc2)C1=O. The van der Waals surface area contributed by atoms with Crippen LogP contribution >= 0.6 is 0 Å². The summed E-state index contributed by atoms with van der Waals surface area (Å²) in [4.78, 5) is 42.2. The fraction of sp³-hybridized carbons (Fsp3) is 0.111. The number of amides is 4. The Morgan fingerprint density at radius 1 is 0.962 bits per heavy atom. The lowest BCUT2D eigenvalue weighted by Gasteiger charge is -2.27. The minimum absolute atomic E-state index is 0.303. The Kier molecular flexibility index (Phi) is 4.40. The van der Waals surface area contributed by atoms with Gasteiger partial charge in [-0.2, -0.15) is 4.90 Å². The summed E-state index contributed by atoms with van der Waals surface area (Å²) in [6.45, 7) is -0.499. The zero-order valence-electron chi connectivity index (χ0n) is 13.8. The average Bonchev–Trinajstić information content (AvgIpc) is 2.92. The molecule has 2 aromatic rings. The number of nitrogens with two attached hydrogens (primary N) is 2. The smallest absolute Gasteiger partial charge is 0.332 e. The van der Waals surface area contributed by atoms with Gasteiger partial charge in [0.15, 0.2) is 11.5 Å². The molecule has 1 aliphatic rings. The highest BCUT2D eigenvalue weighted by Crippen LogP contribution is 2.35. The standard InChI is InChI=1S/C18H17N5O3/c19-16(20)21-11-14(24)23-15(25)18(22-17(23)26,12-7-3-1-4-8-12)13-9-5-2-6-10-13/h1-10H,11H2,(H,22,26)(H4,19,20,21). The van der Waals surface area contributed by atoms with Gasteiger partial charge in [0.05, 0.1) is 0 Å². The van der Waals surface area contributed by atoms with E-state index in [1.165, 1.54) is 0 Å². The molecule has 1 fully saturated rings. The molecule has 0 aromatic heterocycles. The number of nitrogens with one attached hydrogen (secondary N) is 1. The number of aliphatic imine (C=N–C) groups is 1. The highest BCUT2D eigenvalue weighted by molar-refractivity contribution is 6.20. The topological polar surface area (TPSA) is 131 Å². The van der Waals surface area contributed by atoms with Gasteiger partial charge in [0.25, 0.3) is 11.8 Å². The first kappa shape index (κ1) is 17.2. The summed E-state index contributed by atoms with van der Waals surface area (Å²) >= 11 is 0. The van der Waals surface area contributed by atoms with Crippen LogP contribution in [0.2, 0.25) is 0 Å². The Hall–Kier alpha value is -3.68. The van der Waals surface area contributed by atoms with E-state index in [9.17, 15) is 14.4 Å². The maximum atomic E-state index is 13.2. The highest BCUT2D eigenvalue weighted by Gasteiger charge is 2.55. The van der Waals surface area contributed by atoms with Gasteiger partial charge in [-0.15, -0.1) is 0 Å². The number of hydrogen-bond donors (Lipinski definition) is 3. The van der Waals surface area contributed by atoms with Gasteiger partial charge in [-0.1, -0.05) is 60.7 Å². The summed E-state index contributed by atoms with van der Waals surface area (Å²) in [5.74, 6) is -1.81. The van der Waals surface area contributed by atoms with Crippen molar-refractivity contribution in [2.45, 2.75) is 5.54 Å². The number of rotatable bonds is 4. The average molecular weight is 351 g/mol. The van der Waals surface area contributed by atoms with Gasteiger partial charge >= 0.3 is 6.03 Å². The van der Waals surface area contributed by atoms with Crippen LogP contribution in [-0.4, -0.2) is 35.2 Å². The third-order valence-electron chi connectivity index (χ3n) is 4.08. The van der Waals surface area contributed by atoms with Gasteiger partial charge in [-0.05, 0) is 11.1 Å². The first-order valence-corrected chi connectivity index (χ1v) is 7.83. The van der Waals surface area contributed by atoms with E-state index in [1.54, 1.807) is 60.7 Å². The third-order valence-corrected chi connectivity index (χ3v) is 4.08. The van der Waals surface area contributed by atoms with Crippen molar-refractivity contribution in [3.8, 4) is 0 Å². The zero-order chi connectivity index (χ0) is 18.7. The summed E-state index contributed by atoms with van der Waals surface area (Å²) in [6.07, 6.45) is 0. The second-order valence-electron chi connectivity index (χ2n) is 5.69. The lowest BCUT2D eigenvalue weighted by atomic mass is 9.82. The van der Waals surface area contributed by atoms with Crippen molar-refractivity contribution in [2.24, 2.45) is 16.5 Å². The van der Waals surface area contributed by atoms with Crippen molar-refractivity contribution >= 4 is 23.8 Å². The quantitative estimate of drug-likeness (QED) is 0.414. The van der Waals surface area contributed by atoms with E-state index in [0.717, 1.165) is 0 Å². The molecule has 132 valence electrons. The zero-order valence-corrected chi connectivity index (χ0v) is 13.8. The van der Waals surface area contributed by atoms with Crippen molar-refractivity contribution in [1.82, 2.24) is 10.2 Å². The van der Waals surface area contributed by atoms with Crippen molar-refractivity contribution < 1.29 is 14.4 Å². The van der Waals surface area contributed by atoms with Gasteiger partial charge < -0.3 is 16.8 Å². The molecule has 8 nitrogen and oxygen atoms in total. The molecule has 4 amide bonds. The molecule has 8 heteroatoms. The summed E-state index contributed by atoms with van der Waals surface area (Å²) in [5, 5.41) is 2.67.